The first-order valence-electron chi connectivity index (χ1n) is 6.55. The summed E-state index contributed by atoms with van der Waals surface area (Å²) < 4.78 is 13.0. The average molecular weight is 294 g/mol. The molecular weight excluding hydrogens is 279 g/mol. The predicted molar refractivity (Wildman–Crippen MR) is 71.0 cm³/mol. The van der Waals surface area contributed by atoms with Crippen LogP contribution in [-0.4, -0.2) is 40.5 Å². The van der Waals surface area contributed by atoms with Gasteiger partial charge in [0.1, 0.15) is 11.9 Å². The highest BCUT2D eigenvalue weighted by Gasteiger charge is 2.37. The van der Waals surface area contributed by atoms with Crippen LogP contribution < -0.4 is 5.32 Å². The van der Waals surface area contributed by atoms with Crippen molar-refractivity contribution in [1.29, 1.82) is 0 Å². The summed E-state index contributed by atoms with van der Waals surface area (Å²) in [6.07, 6.45) is 0.230. The highest BCUT2D eigenvalue weighted by atomic mass is 19.1. The van der Waals surface area contributed by atoms with Crippen LogP contribution in [0.2, 0.25) is 0 Å². The smallest absolute Gasteiger partial charge is 0.324 e. The minimum Gasteiger partial charge on any atom is -0.481 e. The SMILES string of the molecule is O=C(O)CC[C@@H]1NC(=O)N(CCc2cccc(F)c2)C1=O. The third-order valence-electron chi connectivity index (χ3n) is 3.27. The Balaban J connectivity index is 1.92. The first-order chi connectivity index (χ1) is 9.97. The number of halogens is 1. The zero-order valence-corrected chi connectivity index (χ0v) is 11.2. The lowest BCUT2D eigenvalue weighted by Crippen LogP contribution is -2.33. The number of amides is 3. The first kappa shape index (κ1) is 15.0. The van der Waals surface area contributed by atoms with Gasteiger partial charge in [0.2, 0.25) is 0 Å². The minimum atomic E-state index is -1.02. The molecule has 0 radical (unpaired) electrons. The Hall–Kier alpha value is -2.44. The summed E-state index contributed by atoms with van der Waals surface area (Å²) in [7, 11) is 0. The molecule has 0 aromatic heterocycles. The summed E-state index contributed by atoms with van der Waals surface area (Å²) in [4.78, 5) is 35.2. The Bertz CT molecular complexity index is 576. The maximum Gasteiger partial charge on any atom is 0.324 e. The Labute approximate surface area is 120 Å². The lowest BCUT2D eigenvalue weighted by molar-refractivity contribution is -0.137. The molecule has 1 heterocycles. The van der Waals surface area contributed by atoms with Gasteiger partial charge in [0, 0.05) is 13.0 Å². The van der Waals surface area contributed by atoms with Crippen LogP contribution in [0.25, 0.3) is 0 Å². The molecule has 0 unspecified atom stereocenters. The predicted octanol–water partition coefficient (Wildman–Crippen LogP) is 1.15. The van der Waals surface area contributed by atoms with E-state index in [2.05, 4.69) is 5.32 Å². The van der Waals surface area contributed by atoms with E-state index in [1.165, 1.54) is 12.1 Å². The summed E-state index contributed by atoms with van der Waals surface area (Å²) in [6, 6.07) is 4.61. The number of hydrogen-bond acceptors (Lipinski definition) is 3. The van der Waals surface area contributed by atoms with Crippen molar-refractivity contribution in [2.45, 2.75) is 25.3 Å². The van der Waals surface area contributed by atoms with Crippen LogP contribution in [0.4, 0.5) is 9.18 Å². The van der Waals surface area contributed by atoms with Crippen molar-refractivity contribution in [1.82, 2.24) is 10.2 Å². The molecule has 2 rings (SSSR count). The van der Waals surface area contributed by atoms with Gasteiger partial charge in [-0.15, -0.1) is 0 Å². The average Bonchev–Trinajstić information content (AvgIpc) is 2.69. The molecule has 112 valence electrons. The van der Waals surface area contributed by atoms with Gasteiger partial charge < -0.3 is 10.4 Å². The number of hydrogen-bond donors (Lipinski definition) is 2. The van der Waals surface area contributed by atoms with Gasteiger partial charge in [-0.1, -0.05) is 12.1 Å². The van der Waals surface area contributed by atoms with E-state index in [1.54, 1.807) is 12.1 Å². The molecule has 1 aromatic carbocycles. The van der Waals surface area contributed by atoms with Crippen molar-refractivity contribution in [3.63, 3.8) is 0 Å². The van der Waals surface area contributed by atoms with Gasteiger partial charge in [-0.05, 0) is 30.5 Å². The van der Waals surface area contributed by atoms with E-state index in [-0.39, 0.29) is 25.2 Å². The van der Waals surface area contributed by atoms with Crippen molar-refractivity contribution < 1.29 is 23.9 Å². The number of imide groups is 1. The zero-order valence-electron chi connectivity index (χ0n) is 11.2. The molecule has 6 nitrogen and oxygen atoms in total. The van der Waals surface area contributed by atoms with Crippen LogP contribution in [0.15, 0.2) is 24.3 Å². The molecule has 1 aliphatic rings. The highest BCUT2D eigenvalue weighted by molar-refractivity contribution is 6.04. The molecule has 2 N–H and O–H groups in total. The molecule has 1 saturated heterocycles. The van der Waals surface area contributed by atoms with Crippen LogP contribution in [0.1, 0.15) is 18.4 Å². The van der Waals surface area contributed by atoms with E-state index < -0.39 is 23.9 Å². The molecule has 0 spiro atoms. The van der Waals surface area contributed by atoms with Gasteiger partial charge in [0.05, 0.1) is 0 Å². The van der Waals surface area contributed by atoms with Gasteiger partial charge in [-0.3, -0.25) is 14.5 Å². The second kappa shape index (κ2) is 6.34. The minimum absolute atomic E-state index is 0.0658. The number of benzene rings is 1. The molecule has 1 aliphatic heterocycles. The molecule has 0 bridgehead atoms. The molecule has 1 fully saturated rings. The number of rotatable bonds is 6. The third-order valence-corrected chi connectivity index (χ3v) is 3.27. The summed E-state index contributed by atoms with van der Waals surface area (Å²) in [5.41, 5.74) is 0.685. The number of carboxylic acids is 1. The van der Waals surface area contributed by atoms with Crippen molar-refractivity contribution in [2.24, 2.45) is 0 Å². The van der Waals surface area contributed by atoms with Crippen LogP contribution in [0, 0.1) is 5.82 Å². The monoisotopic (exact) mass is 294 g/mol. The zero-order chi connectivity index (χ0) is 15.4. The van der Waals surface area contributed by atoms with E-state index in [4.69, 9.17) is 5.11 Å². The maximum absolute atomic E-state index is 13.0. The normalized spacial score (nSPS) is 18.0. The quantitative estimate of drug-likeness (QED) is 0.771. The molecule has 1 atom stereocenters. The summed E-state index contributed by atoms with van der Waals surface area (Å²) in [5.74, 6) is -1.82. The number of nitrogens with zero attached hydrogens (tertiary/aromatic N) is 1. The van der Waals surface area contributed by atoms with Crippen molar-refractivity contribution in [2.75, 3.05) is 6.54 Å². The topological polar surface area (TPSA) is 86.7 Å². The van der Waals surface area contributed by atoms with Crippen LogP contribution >= 0.6 is 0 Å². The lowest BCUT2D eigenvalue weighted by atomic mass is 10.1. The van der Waals surface area contributed by atoms with E-state index in [0.717, 1.165) is 4.90 Å². The van der Waals surface area contributed by atoms with E-state index in [0.29, 0.717) is 12.0 Å². The molecule has 3 amide bonds. The van der Waals surface area contributed by atoms with Crippen LogP contribution in [0.5, 0.6) is 0 Å². The number of carbonyl (C=O) groups excluding carboxylic acids is 2. The molecule has 0 saturated carbocycles. The van der Waals surface area contributed by atoms with E-state index >= 15 is 0 Å². The van der Waals surface area contributed by atoms with Crippen LogP contribution in [-0.2, 0) is 16.0 Å². The van der Waals surface area contributed by atoms with Crippen LogP contribution in [0.3, 0.4) is 0 Å². The van der Waals surface area contributed by atoms with Gasteiger partial charge >= 0.3 is 12.0 Å². The second-order valence-corrected chi connectivity index (χ2v) is 4.80. The second-order valence-electron chi connectivity index (χ2n) is 4.80. The molecule has 1 aromatic rings. The van der Waals surface area contributed by atoms with Gasteiger partial charge in [0.15, 0.2) is 0 Å². The van der Waals surface area contributed by atoms with E-state index in [1.807, 2.05) is 0 Å². The van der Waals surface area contributed by atoms with Gasteiger partial charge in [-0.25, -0.2) is 9.18 Å². The maximum atomic E-state index is 13.0. The highest BCUT2D eigenvalue weighted by Crippen LogP contribution is 2.13. The Morgan fingerprint density at radius 2 is 2.14 bits per heavy atom. The third kappa shape index (κ3) is 3.77. The largest absolute Gasteiger partial charge is 0.481 e. The Morgan fingerprint density at radius 1 is 1.38 bits per heavy atom. The number of carbonyl (C=O) groups is 3. The van der Waals surface area contributed by atoms with Crippen molar-refractivity contribution in [3.05, 3.63) is 35.6 Å². The summed E-state index contributed by atoms with van der Waals surface area (Å²) in [5, 5.41) is 11.1. The molecule has 21 heavy (non-hydrogen) atoms. The summed E-state index contributed by atoms with van der Waals surface area (Å²) >= 11 is 0. The van der Waals surface area contributed by atoms with Gasteiger partial charge in [0.25, 0.3) is 5.91 Å². The Morgan fingerprint density at radius 3 is 2.81 bits per heavy atom. The molecule has 0 aliphatic carbocycles. The molecular formula is C14H15FN2O4. The fraction of sp³-hybridized carbons (Fsp3) is 0.357. The number of urea groups is 1. The number of aliphatic carboxylic acids is 1. The Kier molecular flexibility index (Phi) is 4.52. The number of nitrogens with one attached hydrogen (secondary N) is 1. The molecule has 7 heteroatoms. The fourth-order valence-corrected chi connectivity index (χ4v) is 2.19. The summed E-state index contributed by atoms with van der Waals surface area (Å²) in [6.45, 7) is 0.137. The van der Waals surface area contributed by atoms with Crippen molar-refractivity contribution >= 4 is 17.9 Å². The van der Waals surface area contributed by atoms with E-state index in [9.17, 15) is 18.8 Å². The fourth-order valence-electron chi connectivity index (χ4n) is 2.19. The van der Waals surface area contributed by atoms with Gasteiger partial charge in [-0.2, -0.15) is 0 Å². The number of carboxylic acid groups (broad SMARTS) is 1. The first-order valence-corrected chi connectivity index (χ1v) is 6.55. The standard InChI is InChI=1S/C14H15FN2O4/c15-10-3-1-2-9(8-10)6-7-17-13(20)11(16-14(17)21)4-5-12(18)19/h1-3,8,11H,4-7H2,(H,16,21)(H,18,19)/t11-/m0/s1. The van der Waals surface area contributed by atoms with Crippen molar-refractivity contribution in [3.8, 4) is 0 Å². The lowest BCUT2D eigenvalue weighted by Gasteiger charge is -2.12.